The Hall–Kier alpha value is -1.55. The van der Waals surface area contributed by atoms with Crippen molar-refractivity contribution in [2.75, 3.05) is 0 Å². The van der Waals surface area contributed by atoms with Crippen LogP contribution in [0.1, 0.15) is 24.7 Å². The molecular formula is C14H13ClF2N2. The van der Waals surface area contributed by atoms with E-state index in [-0.39, 0.29) is 0 Å². The zero-order valence-corrected chi connectivity index (χ0v) is 11.4. The highest BCUT2D eigenvalue weighted by Crippen LogP contribution is 2.27. The molecule has 5 heteroatoms. The predicted octanol–water partition coefficient (Wildman–Crippen LogP) is 4.34. The Morgan fingerprint density at radius 1 is 1.16 bits per heavy atom. The quantitative estimate of drug-likeness (QED) is 0.783. The van der Waals surface area contributed by atoms with E-state index < -0.39 is 11.6 Å². The lowest BCUT2D eigenvalue weighted by atomic mass is 10.1. The third-order valence-electron chi connectivity index (χ3n) is 2.80. The van der Waals surface area contributed by atoms with Crippen molar-refractivity contribution in [1.29, 1.82) is 0 Å². The van der Waals surface area contributed by atoms with Crippen molar-refractivity contribution < 1.29 is 8.78 Å². The van der Waals surface area contributed by atoms with E-state index >= 15 is 0 Å². The third kappa shape index (κ3) is 2.89. The molecule has 0 fully saturated rings. The number of benzene rings is 1. The summed E-state index contributed by atoms with van der Waals surface area (Å²) >= 11 is 6.06. The molecule has 2 nitrogen and oxygen atoms in total. The molecule has 1 aromatic carbocycles. The van der Waals surface area contributed by atoms with Gasteiger partial charge in [-0.1, -0.05) is 18.5 Å². The largest absolute Gasteiger partial charge is 0.233 e. The fourth-order valence-electron chi connectivity index (χ4n) is 1.79. The van der Waals surface area contributed by atoms with Gasteiger partial charge in [-0.25, -0.2) is 18.7 Å². The molecule has 2 aromatic rings. The van der Waals surface area contributed by atoms with Crippen LogP contribution in [0.2, 0.25) is 5.15 Å². The minimum absolute atomic E-state index is 0.346. The molecule has 19 heavy (non-hydrogen) atoms. The van der Waals surface area contributed by atoms with E-state index in [1.54, 1.807) is 6.92 Å². The van der Waals surface area contributed by atoms with Gasteiger partial charge in [-0.2, -0.15) is 0 Å². The second kappa shape index (κ2) is 5.61. The fourth-order valence-corrected chi connectivity index (χ4v) is 1.98. The van der Waals surface area contributed by atoms with Crippen LogP contribution >= 0.6 is 11.6 Å². The highest BCUT2D eigenvalue weighted by atomic mass is 35.5. The van der Waals surface area contributed by atoms with Gasteiger partial charge in [0.25, 0.3) is 0 Å². The molecule has 0 aliphatic carbocycles. The molecule has 1 heterocycles. The summed E-state index contributed by atoms with van der Waals surface area (Å²) in [5.41, 5.74) is 1.70. The predicted molar refractivity (Wildman–Crippen MR) is 71.1 cm³/mol. The maximum Gasteiger partial charge on any atom is 0.159 e. The number of hydrogen-bond donors (Lipinski definition) is 0. The van der Waals surface area contributed by atoms with Gasteiger partial charge in [-0.3, -0.25) is 0 Å². The van der Waals surface area contributed by atoms with Crippen LogP contribution in [0.3, 0.4) is 0 Å². The minimum Gasteiger partial charge on any atom is -0.233 e. The van der Waals surface area contributed by atoms with E-state index in [1.165, 1.54) is 6.07 Å². The number of hydrogen-bond acceptors (Lipinski definition) is 2. The maximum atomic E-state index is 13.3. The van der Waals surface area contributed by atoms with Gasteiger partial charge >= 0.3 is 0 Å². The van der Waals surface area contributed by atoms with Crippen molar-refractivity contribution in [3.05, 3.63) is 46.4 Å². The minimum atomic E-state index is -0.899. The molecule has 0 saturated carbocycles. The lowest BCUT2D eigenvalue weighted by Crippen LogP contribution is -2.01. The van der Waals surface area contributed by atoms with Gasteiger partial charge < -0.3 is 0 Å². The van der Waals surface area contributed by atoms with Crippen molar-refractivity contribution in [2.45, 2.75) is 26.7 Å². The average molecular weight is 283 g/mol. The molecule has 0 radical (unpaired) electrons. The first-order chi connectivity index (χ1) is 9.02. The molecule has 0 amide bonds. The standard InChI is InChI=1S/C14H13ClF2N2/c1-3-4-12-18-13(8(2)14(15)19-12)9-5-6-10(16)11(17)7-9/h5-7H,3-4H2,1-2H3. The summed E-state index contributed by atoms with van der Waals surface area (Å²) in [6, 6.07) is 3.69. The summed E-state index contributed by atoms with van der Waals surface area (Å²) in [6.07, 6.45) is 1.58. The van der Waals surface area contributed by atoms with Gasteiger partial charge in [-0.05, 0) is 31.5 Å². The van der Waals surface area contributed by atoms with Crippen molar-refractivity contribution in [3.63, 3.8) is 0 Å². The summed E-state index contributed by atoms with van der Waals surface area (Å²) in [4.78, 5) is 8.55. The molecule has 0 spiro atoms. The van der Waals surface area contributed by atoms with Crippen LogP contribution in [0.25, 0.3) is 11.3 Å². The maximum absolute atomic E-state index is 13.3. The van der Waals surface area contributed by atoms with Gasteiger partial charge in [0.2, 0.25) is 0 Å². The number of rotatable bonds is 3. The van der Waals surface area contributed by atoms with Gasteiger partial charge in [0.15, 0.2) is 11.6 Å². The lowest BCUT2D eigenvalue weighted by Gasteiger charge is -2.09. The molecule has 0 N–H and O–H groups in total. The van der Waals surface area contributed by atoms with Crippen LogP contribution in [0, 0.1) is 18.6 Å². The summed E-state index contributed by atoms with van der Waals surface area (Å²) < 4.78 is 26.3. The van der Waals surface area contributed by atoms with Gasteiger partial charge in [0.05, 0.1) is 5.69 Å². The first-order valence-corrected chi connectivity index (χ1v) is 6.39. The summed E-state index contributed by atoms with van der Waals surface area (Å²) in [5, 5.41) is 0.346. The van der Waals surface area contributed by atoms with E-state index in [9.17, 15) is 8.78 Å². The Labute approximate surface area is 115 Å². The lowest BCUT2D eigenvalue weighted by molar-refractivity contribution is 0.509. The van der Waals surface area contributed by atoms with E-state index in [4.69, 9.17) is 11.6 Å². The van der Waals surface area contributed by atoms with E-state index in [0.717, 1.165) is 18.6 Å². The zero-order valence-electron chi connectivity index (χ0n) is 10.7. The van der Waals surface area contributed by atoms with Crippen molar-refractivity contribution in [1.82, 2.24) is 9.97 Å². The fraction of sp³-hybridized carbons (Fsp3) is 0.286. The Morgan fingerprint density at radius 3 is 2.53 bits per heavy atom. The summed E-state index contributed by atoms with van der Waals surface area (Å²) in [7, 11) is 0. The van der Waals surface area contributed by atoms with Gasteiger partial charge in [0.1, 0.15) is 11.0 Å². The second-order valence-electron chi connectivity index (χ2n) is 4.28. The van der Waals surface area contributed by atoms with Crippen LogP contribution in [0.15, 0.2) is 18.2 Å². The van der Waals surface area contributed by atoms with Crippen molar-refractivity contribution in [3.8, 4) is 11.3 Å². The molecule has 0 saturated heterocycles. The van der Waals surface area contributed by atoms with Crippen LogP contribution in [-0.2, 0) is 6.42 Å². The number of aromatic nitrogens is 2. The molecule has 1 aromatic heterocycles. The normalized spacial score (nSPS) is 10.8. The SMILES string of the molecule is CCCc1nc(Cl)c(C)c(-c2ccc(F)c(F)c2)n1. The molecule has 0 unspecified atom stereocenters. The van der Waals surface area contributed by atoms with E-state index in [1.807, 2.05) is 6.92 Å². The Morgan fingerprint density at radius 2 is 1.89 bits per heavy atom. The second-order valence-corrected chi connectivity index (χ2v) is 4.64. The number of aryl methyl sites for hydroxylation is 1. The van der Waals surface area contributed by atoms with E-state index in [0.29, 0.717) is 34.2 Å². The van der Waals surface area contributed by atoms with Gasteiger partial charge in [-0.15, -0.1) is 0 Å². The van der Waals surface area contributed by atoms with Crippen LogP contribution in [0.5, 0.6) is 0 Å². The molecule has 0 aliphatic heterocycles. The van der Waals surface area contributed by atoms with E-state index in [2.05, 4.69) is 9.97 Å². The molecule has 0 bridgehead atoms. The topological polar surface area (TPSA) is 25.8 Å². The first kappa shape index (κ1) is 13.9. The van der Waals surface area contributed by atoms with Gasteiger partial charge in [0, 0.05) is 17.5 Å². The zero-order chi connectivity index (χ0) is 14.0. The molecular weight excluding hydrogens is 270 g/mol. The molecule has 100 valence electrons. The molecule has 0 aliphatic rings. The highest BCUT2D eigenvalue weighted by molar-refractivity contribution is 6.30. The van der Waals surface area contributed by atoms with Crippen LogP contribution in [0.4, 0.5) is 8.78 Å². The van der Waals surface area contributed by atoms with Crippen molar-refractivity contribution >= 4 is 11.6 Å². The number of nitrogens with zero attached hydrogens (tertiary/aromatic N) is 2. The highest BCUT2D eigenvalue weighted by Gasteiger charge is 2.13. The Balaban J connectivity index is 2.56. The summed E-state index contributed by atoms with van der Waals surface area (Å²) in [5.74, 6) is -1.17. The average Bonchev–Trinajstić information content (AvgIpc) is 2.37. The monoisotopic (exact) mass is 282 g/mol. The summed E-state index contributed by atoms with van der Waals surface area (Å²) in [6.45, 7) is 3.77. The Kier molecular flexibility index (Phi) is 4.10. The molecule has 2 rings (SSSR count). The van der Waals surface area contributed by atoms with Crippen LogP contribution < -0.4 is 0 Å². The Bertz CT molecular complexity index is 615. The van der Waals surface area contributed by atoms with Crippen molar-refractivity contribution in [2.24, 2.45) is 0 Å². The van der Waals surface area contributed by atoms with Crippen LogP contribution in [-0.4, -0.2) is 9.97 Å². The first-order valence-electron chi connectivity index (χ1n) is 6.01. The smallest absolute Gasteiger partial charge is 0.159 e. The third-order valence-corrected chi connectivity index (χ3v) is 3.17. The molecule has 0 atom stereocenters. The number of halogens is 3.